The molecule has 2 N–H and O–H groups in total. The highest BCUT2D eigenvalue weighted by Gasteiger charge is 2.17. The lowest BCUT2D eigenvalue weighted by Gasteiger charge is -2.10. The second kappa shape index (κ2) is 6.21. The lowest BCUT2D eigenvalue weighted by molar-refractivity contribution is -0.138. The molecule has 0 bridgehead atoms. The lowest BCUT2D eigenvalue weighted by atomic mass is 10.0. The number of anilines is 1. The Morgan fingerprint density at radius 1 is 1.21 bits per heavy atom. The van der Waals surface area contributed by atoms with Gasteiger partial charge in [0.2, 0.25) is 5.91 Å². The summed E-state index contributed by atoms with van der Waals surface area (Å²) in [5.74, 6) is -6.69. The van der Waals surface area contributed by atoms with Gasteiger partial charge in [-0.1, -0.05) is 6.92 Å². The molecule has 4 nitrogen and oxygen atoms in total. The predicted molar refractivity (Wildman–Crippen MR) is 61.0 cm³/mol. The highest BCUT2D eigenvalue weighted by atomic mass is 19.2. The number of nitrogens with one attached hydrogen (secondary N) is 1. The van der Waals surface area contributed by atoms with Gasteiger partial charge in [-0.15, -0.1) is 0 Å². The Morgan fingerprint density at radius 2 is 1.84 bits per heavy atom. The summed E-state index contributed by atoms with van der Waals surface area (Å²) in [5.41, 5.74) is -0.480. The average Bonchev–Trinajstić information content (AvgIpc) is 2.28. The molecule has 0 aliphatic carbocycles. The normalized spacial score (nSPS) is 12.0. The van der Waals surface area contributed by atoms with E-state index < -0.39 is 40.9 Å². The number of benzene rings is 1. The first-order valence-electron chi connectivity index (χ1n) is 5.46. The maximum atomic E-state index is 13.2. The van der Waals surface area contributed by atoms with Gasteiger partial charge in [0, 0.05) is 12.8 Å². The van der Waals surface area contributed by atoms with E-state index in [4.69, 9.17) is 5.11 Å². The minimum Gasteiger partial charge on any atom is -0.481 e. The minimum absolute atomic E-state index is 0.162. The summed E-state index contributed by atoms with van der Waals surface area (Å²) in [6, 6.07) is 1.59. The number of rotatable bonds is 5. The predicted octanol–water partition coefficient (Wildman–Crippen LogP) is 2.54. The fourth-order valence-corrected chi connectivity index (χ4v) is 1.51. The second-order valence-electron chi connectivity index (χ2n) is 4.18. The minimum atomic E-state index is -1.67. The molecule has 0 radical (unpaired) electrons. The molecule has 0 aromatic heterocycles. The van der Waals surface area contributed by atoms with Crippen molar-refractivity contribution in [3.63, 3.8) is 0 Å². The van der Waals surface area contributed by atoms with E-state index in [1.165, 1.54) is 6.92 Å². The van der Waals surface area contributed by atoms with E-state index in [0.717, 1.165) is 6.07 Å². The third kappa shape index (κ3) is 4.27. The van der Waals surface area contributed by atoms with E-state index in [0.29, 0.717) is 6.07 Å². The molecule has 0 fully saturated rings. The summed E-state index contributed by atoms with van der Waals surface area (Å²) in [7, 11) is 0. The molecule has 1 amide bonds. The van der Waals surface area contributed by atoms with E-state index in [1.54, 1.807) is 0 Å². The Labute approximate surface area is 107 Å². The van der Waals surface area contributed by atoms with Gasteiger partial charge in [-0.2, -0.15) is 0 Å². The van der Waals surface area contributed by atoms with Crippen molar-refractivity contribution in [3.8, 4) is 0 Å². The Bertz CT molecular complexity index is 505. The van der Waals surface area contributed by atoms with Crippen LogP contribution >= 0.6 is 0 Å². The molecule has 104 valence electrons. The quantitative estimate of drug-likeness (QED) is 0.811. The van der Waals surface area contributed by atoms with Crippen molar-refractivity contribution in [2.24, 2.45) is 5.92 Å². The van der Waals surface area contributed by atoms with Gasteiger partial charge in [0.15, 0.2) is 17.5 Å². The SMILES string of the molecule is CC(CC(=O)O)CC(=O)Nc1ccc(F)c(F)c1F. The molecule has 7 heteroatoms. The van der Waals surface area contributed by atoms with Crippen molar-refractivity contribution in [3.05, 3.63) is 29.6 Å². The van der Waals surface area contributed by atoms with Gasteiger partial charge in [-0.05, 0) is 18.1 Å². The van der Waals surface area contributed by atoms with Crippen LogP contribution in [0.2, 0.25) is 0 Å². The van der Waals surface area contributed by atoms with Crippen molar-refractivity contribution in [1.82, 2.24) is 0 Å². The van der Waals surface area contributed by atoms with Gasteiger partial charge < -0.3 is 10.4 Å². The maximum Gasteiger partial charge on any atom is 0.303 e. The van der Waals surface area contributed by atoms with Crippen LogP contribution in [-0.4, -0.2) is 17.0 Å². The molecular weight excluding hydrogens is 263 g/mol. The van der Waals surface area contributed by atoms with E-state index in [2.05, 4.69) is 5.32 Å². The molecule has 1 aromatic rings. The van der Waals surface area contributed by atoms with Crippen LogP contribution in [0.15, 0.2) is 12.1 Å². The molecule has 0 heterocycles. The molecule has 1 atom stereocenters. The zero-order chi connectivity index (χ0) is 14.6. The number of halogens is 3. The summed E-state index contributed by atoms with van der Waals surface area (Å²) in [6.07, 6.45) is -0.377. The fourth-order valence-electron chi connectivity index (χ4n) is 1.51. The summed E-state index contributed by atoms with van der Waals surface area (Å²) >= 11 is 0. The Hall–Kier alpha value is -2.05. The Morgan fingerprint density at radius 3 is 2.42 bits per heavy atom. The highest BCUT2D eigenvalue weighted by molar-refractivity contribution is 5.91. The molecule has 0 saturated carbocycles. The van der Waals surface area contributed by atoms with Crippen molar-refractivity contribution >= 4 is 17.6 Å². The number of hydrogen-bond acceptors (Lipinski definition) is 2. The Kier molecular flexibility index (Phi) is 4.91. The largest absolute Gasteiger partial charge is 0.481 e. The molecule has 19 heavy (non-hydrogen) atoms. The van der Waals surface area contributed by atoms with Gasteiger partial charge in [-0.3, -0.25) is 9.59 Å². The standard InChI is InChI=1S/C12H12F3NO3/c1-6(5-10(18)19)4-9(17)16-8-3-2-7(13)11(14)12(8)15/h2-3,6H,4-5H2,1H3,(H,16,17)(H,18,19). The third-order valence-corrected chi connectivity index (χ3v) is 2.37. The first-order valence-corrected chi connectivity index (χ1v) is 5.46. The molecular formula is C12H12F3NO3. The van der Waals surface area contributed by atoms with Crippen molar-refractivity contribution in [1.29, 1.82) is 0 Å². The second-order valence-corrected chi connectivity index (χ2v) is 4.18. The number of hydrogen-bond donors (Lipinski definition) is 2. The smallest absolute Gasteiger partial charge is 0.303 e. The van der Waals surface area contributed by atoms with E-state index in [9.17, 15) is 22.8 Å². The van der Waals surface area contributed by atoms with Crippen LogP contribution in [0.5, 0.6) is 0 Å². The number of carbonyl (C=O) groups excluding carboxylic acids is 1. The first-order chi connectivity index (χ1) is 8.81. The van der Waals surface area contributed by atoms with E-state index in [-0.39, 0.29) is 12.8 Å². The Balaban J connectivity index is 2.67. The van der Waals surface area contributed by atoms with Crippen LogP contribution < -0.4 is 5.32 Å². The van der Waals surface area contributed by atoms with Crippen LogP contribution in [0.4, 0.5) is 18.9 Å². The van der Waals surface area contributed by atoms with Crippen LogP contribution in [-0.2, 0) is 9.59 Å². The van der Waals surface area contributed by atoms with Crippen molar-refractivity contribution < 1.29 is 27.9 Å². The molecule has 1 rings (SSSR count). The molecule has 0 saturated heterocycles. The van der Waals surface area contributed by atoms with Crippen LogP contribution in [0.1, 0.15) is 19.8 Å². The van der Waals surface area contributed by atoms with E-state index in [1.807, 2.05) is 0 Å². The number of amides is 1. The molecule has 1 aromatic carbocycles. The average molecular weight is 275 g/mol. The topological polar surface area (TPSA) is 66.4 Å². The number of carbonyl (C=O) groups is 2. The molecule has 1 unspecified atom stereocenters. The summed E-state index contributed by atoms with van der Waals surface area (Å²) in [6.45, 7) is 1.54. The number of aliphatic carboxylic acids is 1. The maximum absolute atomic E-state index is 13.2. The summed E-state index contributed by atoms with van der Waals surface area (Å²) < 4.78 is 38.8. The summed E-state index contributed by atoms with van der Waals surface area (Å²) in [5, 5.41) is 10.6. The first kappa shape index (κ1) is 15.0. The van der Waals surface area contributed by atoms with Crippen molar-refractivity contribution in [2.45, 2.75) is 19.8 Å². The van der Waals surface area contributed by atoms with Crippen molar-refractivity contribution in [2.75, 3.05) is 5.32 Å². The molecule has 0 aliphatic heterocycles. The number of carboxylic acid groups (broad SMARTS) is 1. The van der Waals surface area contributed by atoms with Gasteiger partial charge in [0.05, 0.1) is 5.69 Å². The molecule has 0 spiro atoms. The fraction of sp³-hybridized carbons (Fsp3) is 0.333. The number of carboxylic acids is 1. The summed E-state index contributed by atoms with van der Waals surface area (Å²) in [4.78, 5) is 21.9. The zero-order valence-corrected chi connectivity index (χ0v) is 10.0. The zero-order valence-electron chi connectivity index (χ0n) is 10.0. The molecule has 0 aliphatic rings. The monoisotopic (exact) mass is 275 g/mol. The van der Waals surface area contributed by atoms with Crippen LogP contribution in [0, 0.1) is 23.4 Å². The third-order valence-electron chi connectivity index (χ3n) is 2.37. The van der Waals surface area contributed by atoms with E-state index >= 15 is 0 Å². The lowest BCUT2D eigenvalue weighted by Crippen LogP contribution is -2.18. The van der Waals surface area contributed by atoms with Crippen LogP contribution in [0.3, 0.4) is 0 Å². The van der Waals surface area contributed by atoms with Gasteiger partial charge in [0.25, 0.3) is 0 Å². The van der Waals surface area contributed by atoms with Crippen LogP contribution in [0.25, 0.3) is 0 Å². The van der Waals surface area contributed by atoms with Gasteiger partial charge in [-0.25, -0.2) is 13.2 Å². The van der Waals surface area contributed by atoms with Gasteiger partial charge in [0.1, 0.15) is 0 Å². The highest BCUT2D eigenvalue weighted by Crippen LogP contribution is 2.20. The van der Waals surface area contributed by atoms with Gasteiger partial charge >= 0.3 is 5.97 Å².